The molecule has 0 bridgehead atoms. The van der Waals surface area contributed by atoms with E-state index in [1.165, 1.54) is 12.8 Å². The second-order valence-electron chi connectivity index (χ2n) is 5.78. The van der Waals surface area contributed by atoms with E-state index < -0.39 is 10.8 Å². The van der Waals surface area contributed by atoms with Crippen molar-refractivity contribution in [3.8, 4) is 0 Å². The summed E-state index contributed by atoms with van der Waals surface area (Å²) in [6.07, 6.45) is 4.25. The number of hydrogen-bond acceptors (Lipinski definition) is 3. The molecular weight excluding hydrogens is 284 g/mol. The highest BCUT2D eigenvalue weighted by molar-refractivity contribution is 7.84. The molecule has 0 aliphatic heterocycles. The Morgan fingerprint density at radius 1 is 1.38 bits per heavy atom. The first kappa shape index (κ1) is 16.2. The molecule has 5 heteroatoms. The molecule has 0 heterocycles. The van der Waals surface area contributed by atoms with Crippen LogP contribution in [0.3, 0.4) is 0 Å². The molecule has 2 unspecified atom stereocenters. The van der Waals surface area contributed by atoms with Crippen molar-refractivity contribution >= 4 is 16.7 Å². The minimum absolute atomic E-state index is 0.0135. The van der Waals surface area contributed by atoms with Crippen LogP contribution in [-0.4, -0.2) is 41.4 Å². The largest absolute Gasteiger partial charge is 0.338 e. The average molecular weight is 308 g/mol. The molecule has 1 saturated carbocycles. The summed E-state index contributed by atoms with van der Waals surface area (Å²) in [7, 11) is 0.868. The molecule has 2 atom stereocenters. The molecule has 1 aromatic rings. The zero-order valence-electron chi connectivity index (χ0n) is 13.0. The molecule has 1 aliphatic rings. The Hall–Kier alpha value is -1.20. The molecule has 0 saturated heterocycles. The van der Waals surface area contributed by atoms with Gasteiger partial charge in [-0.25, -0.2) is 0 Å². The third-order valence-corrected chi connectivity index (χ3v) is 5.01. The van der Waals surface area contributed by atoms with Gasteiger partial charge in [-0.05, 0) is 49.9 Å². The quantitative estimate of drug-likeness (QED) is 0.837. The first-order valence-electron chi connectivity index (χ1n) is 7.38. The third kappa shape index (κ3) is 4.64. The van der Waals surface area contributed by atoms with E-state index in [0.717, 1.165) is 22.9 Å². The summed E-state index contributed by atoms with van der Waals surface area (Å²) in [6.45, 7) is 3.36. The van der Waals surface area contributed by atoms with Crippen LogP contribution in [0.2, 0.25) is 0 Å². The summed E-state index contributed by atoms with van der Waals surface area (Å²) in [5.74, 6) is 0.884. The fourth-order valence-corrected chi connectivity index (χ4v) is 2.73. The highest BCUT2D eigenvalue weighted by Crippen LogP contribution is 2.27. The minimum atomic E-state index is -0.963. The Labute approximate surface area is 129 Å². The smallest absolute Gasteiger partial charge is 0.236 e. The van der Waals surface area contributed by atoms with E-state index in [4.69, 9.17) is 0 Å². The number of carbonyl (C=O) groups is 1. The van der Waals surface area contributed by atoms with Gasteiger partial charge in [-0.1, -0.05) is 12.1 Å². The first-order valence-corrected chi connectivity index (χ1v) is 8.94. The fourth-order valence-electron chi connectivity index (χ4n) is 2.21. The van der Waals surface area contributed by atoms with Crippen molar-refractivity contribution < 1.29 is 9.00 Å². The van der Waals surface area contributed by atoms with Crippen LogP contribution in [0.4, 0.5) is 0 Å². The van der Waals surface area contributed by atoms with Gasteiger partial charge in [0, 0.05) is 29.0 Å². The van der Waals surface area contributed by atoms with Crippen molar-refractivity contribution in [2.24, 2.45) is 5.92 Å². The van der Waals surface area contributed by atoms with Crippen molar-refractivity contribution in [3.05, 3.63) is 29.8 Å². The number of amides is 1. The van der Waals surface area contributed by atoms with Gasteiger partial charge < -0.3 is 10.2 Å². The summed E-state index contributed by atoms with van der Waals surface area (Å²) in [4.78, 5) is 14.7. The molecule has 0 aromatic heterocycles. The molecule has 21 heavy (non-hydrogen) atoms. The number of nitrogens with one attached hydrogen (secondary N) is 1. The average Bonchev–Trinajstić information content (AvgIpc) is 3.30. The lowest BCUT2D eigenvalue weighted by Gasteiger charge is -2.25. The van der Waals surface area contributed by atoms with Gasteiger partial charge in [0.05, 0.1) is 12.6 Å². The second-order valence-corrected chi connectivity index (χ2v) is 7.16. The van der Waals surface area contributed by atoms with Gasteiger partial charge in [0.25, 0.3) is 0 Å². The maximum absolute atomic E-state index is 12.1. The van der Waals surface area contributed by atoms with Gasteiger partial charge in [-0.3, -0.25) is 9.00 Å². The van der Waals surface area contributed by atoms with E-state index in [1.54, 1.807) is 11.2 Å². The number of benzene rings is 1. The molecule has 1 fully saturated rings. The van der Waals surface area contributed by atoms with Crippen LogP contribution in [-0.2, 0) is 15.6 Å². The molecule has 1 amide bonds. The molecule has 4 nitrogen and oxygen atoms in total. The van der Waals surface area contributed by atoms with Crippen LogP contribution >= 0.6 is 0 Å². The summed E-state index contributed by atoms with van der Waals surface area (Å²) >= 11 is 0. The molecule has 2 rings (SSSR count). The van der Waals surface area contributed by atoms with Gasteiger partial charge in [0.1, 0.15) is 0 Å². The lowest BCUT2D eigenvalue weighted by atomic mass is 10.1. The Morgan fingerprint density at radius 3 is 2.52 bits per heavy atom. The Bertz CT molecular complexity index is 512. The van der Waals surface area contributed by atoms with Crippen LogP contribution < -0.4 is 5.32 Å². The van der Waals surface area contributed by atoms with Crippen molar-refractivity contribution in [2.45, 2.75) is 30.7 Å². The maximum Gasteiger partial charge on any atom is 0.236 e. The van der Waals surface area contributed by atoms with E-state index >= 15 is 0 Å². The Morgan fingerprint density at radius 2 is 2.00 bits per heavy atom. The number of likely N-dealkylation sites (N-methyl/N-ethyl adjacent to an activating group) is 1. The van der Waals surface area contributed by atoms with Gasteiger partial charge in [-0.15, -0.1) is 0 Å². The molecular formula is C16H24N2O2S. The predicted octanol–water partition coefficient (Wildman–Crippen LogP) is 1.94. The van der Waals surface area contributed by atoms with Crippen molar-refractivity contribution in [1.82, 2.24) is 10.2 Å². The van der Waals surface area contributed by atoms with Crippen LogP contribution in [0, 0.1) is 5.92 Å². The van der Waals surface area contributed by atoms with Gasteiger partial charge >= 0.3 is 0 Å². The van der Waals surface area contributed by atoms with Crippen molar-refractivity contribution in [2.75, 3.05) is 26.4 Å². The third-order valence-electron chi connectivity index (χ3n) is 4.07. The molecule has 116 valence electrons. The SMILES string of the molecule is CC(c1ccc(S(C)=O)cc1)N(C)C(=O)CNCC1CC1. The molecule has 0 radical (unpaired) electrons. The molecule has 0 spiro atoms. The van der Waals surface area contributed by atoms with Gasteiger partial charge in [-0.2, -0.15) is 0 Å². The van der Waals surface area contributed by atoms with Crippen LogP contribution in [0.1, 0.15) is 31.4 Å². The number of nitrogens with zero attached hydrogens (tertiary/aromatic N) is 1. The highest BCUT2D eigenvalue weighted by Gasteiger charge is 2.22. The summed E-state index contributed by atoms with van der Waals surface area (Å²) in [6, 6.07) is 7.64. The van der Waals surface area contributed by atoms with Crippen molar-refractivity contribution in [3.63, 3.8) is 0 Å². The lowest BCUT2D eigenvalue weighted by molar-refractivity contribution is -0.130. The minimum Gasteiger partial charge on any atom is -0.338 e. The van der Waals surface area contributed by atoms with E-state index in [0.29, 0.717) is 6.54 Å². The van der Waals surface area contributed by atoms with Crippen LogP contribution in [0.25, 0.3) is 0 Å². The molecule has 1 aromatic carbocycles. The van der Waals surface area contributed by atoms with E-state index in [1.807, 2.05) is 38.2 Å². The van der Waals surface area contributed by atoms with E-state index in [2.05, 4.69) is 5.32 Å². The fraction of sp³-hybridized carbons (Fsp3) is 0.562. The summed E-state index contributed by atoms with van der Waals surface area (Å²) < 4.78 is 11.4. The predicted molar refractivity (Wildman–Crippen MR) is 85.6 cm³/mol. The highest BCUT2D eigenvalue weighted by atomic mass is 32.2. The number of hydrogen-bond donors (Lipinski definition) is 1. The molecule has 1 N–H and O–H groups in total. The van der Waals surface area contributed by atoms with E-state index in [-0.39, 0.29) is 11.9 Å². The standard InChI is InChI=1S/C16H24N2O2S/c1-12(14-6-8-15(9-7-14)21(3)20)18(2)16(19)11-17-10-13-4-5-13/h6-9,12-13,17H,4-5,10-11H2,1-3H3. The summed E-state index contributed by atoms with van der Waals surface area (Å²) in [5, 5.41) is 3.23. The second kappa shape index (κ2) is 7.18. The number of rotatable bonds is 7. The Balaban J connectivity index is 1.88. The lowest BCUT2D eigenvalue weighted by Crippen LogP contribution is -2.37. The first-order chi connectivity index (χ1) is 9.99. The Kier molecular flexibility index (Phi) is 5.53. The van der Waals surface area contributed by atoms with Crippen molar-refractivity contribution in [1.29, 1.82) is 0 Å². The maximum atomic E-state index is 12.1. The monoisotopic (exact) mass is 308 g/mol. The van der Waals surface area contributed by atoms with Gasteiger partial charge in [0.15, 0.2) is 0 Å². The van der Waals surface area contributed by atoms with Crippen LogP contribution in [0.5, 0.6) is 0 Å². The number of carbonyl (C=O) groups excluding carboxylic acids is 1. The zero-order valence-corrected chi connectivity index (χ0v) is 13.8. The van der Waals surface area contributed by atoms with Gasteiger partial charge in [0.2, 0.25) is 5.91 Å². The topological polar surface area (TPSA) is 49.4 Å². The molecule has 1 aliphatic carbocycles. The van der Waals surface area contributed by atoms with E-state index in [9.17, 15) is 9.00 Å². The van der Waals surface area contributed by atoms with Crippen LogP contribution in [0.15, 0.2) is 29.2 Å². The summed E-state index contributed by atoms with van der Waals surface area (Å²) in [5.41, 5.74) is 1.06. The zero-order chi connectivity index (χ0) is 15.4. The normalized spacial score (nSPS) is 17.3.